The van der Waals surface area contributed by atoms with Crippen LogP contribution in [0.5, 0.6) is 0 Å². The molecule has 2 aliphatic heterocycles. The van der Waals surface area contributed by atoms with Crippen molar-refractivity contribution in [3.63, 3.8) is 0 Å². The SMILES string of the molecule is CC(=O)c1ccc(NC(=O)N2C[C@@H]3C[C@H](C2)c2ccc(NS(=O)(=O)c4cccc5c(N(C)C)cccc45)c(=O)n2C3)cc1. The summed E-state index contributed by atoms with van der Waals surface area (Å²) >= 11 is 0. The number of pyridine rings is 1. The molecule has 2 atom stereocenters. The zero-order chi connectivity index (χ0) is 30.5. The third-order valence-corrected chi connectivity index (χ3v) is 9.73. The lowest BCUT2D eigenvalue weighted by molar-refractivity contribution is 0.101. The lowest BCUT2D eigenvalue weighted by Gasteiger charge is -2.42. The highest BCUT2D eigenvalue weighted by molar-refractivity contribution is 7.93. The van der Waals surface area contributed by atoms with Crippen LogP contribution in [0.3, 0.4) is 0 Å². The van der Waals surface area contributed by atoms with E-state index in [9.17, 15) is 22.8 Å². The topological polar surface area (TPSA) is 121 Å². The summed E-state index contributed by atoms with van der Waals surface area (Å²) in [5, 5.41) is 4.27. The summed E-state index contributed by atoms with van der Waals surface area (Å²) in [6.07, 6.45) is 0.839. The van der Waals surface area contributed by atoms with Crippen LogP contribution in [0.15, 0.2) is 82.5 Å². The molecule has 10 nitrogen and oxygen atoms in total. The maximum absolute atomic E-state index is 13.6. The fourth-order valence-corrected chi connectivity index (χ4v) is 7.55. The Morgan fingerprint density at radius 3 is 2.33 bits per heavy atom. The average molecular weight is 600 g/mol. The third-order valence-electron chi connectivity index (χ3n) is 8.31. The average Bonchev–Trinajstić information content (AvgIpc) is 2.98. The van der Waals surface area contributed by atoms with Gasteiger partial charge in [-0.1, -0.05) is 24.3 Å². The van der Waals surface area contributed by atoms with E-state index in [1.807, 2.05) is 37.2 Å². The van der Waals surface area contributed by atoms with Crippen LogP contribution < -0.4 is 20.5 Å². The molecule has 0 spiro atoms. The van der Waals surface area contributed by atoms with Crippen molar-refractivity contribution in [1.29, 1.82) is 0 Å². The van der Waals surface area contributed by atoms with Crippen molar-refractivity contribution in [3.8, 4) is 0 Å². The first-order valence-corrected chi connectivity index (χ1v) is 15.6. The number of fused-ring (bicyclic) bond motifs is 5. The molecule has 222 valence electrons. The first-order chi connectivity index (χ1) is 20.5. The Bertz CT molecular complexity index is 1920. The van der Waals surface area contributed by atoms with Crippen LogP contribution >= 0.6 is 0 Å². The van der Waals surface area contributed by atoms with Gasteiger partial charge in [0.25, 0.3) is 15.6 Å². The summed E-state index contributed by atoms with van der Waals surface area (Å²) in [5.74, 6) is -0.0536. The van der Waals surface area contributed by atoms with Crippen LogP contribution in [0.4, 0.5) is 21.9 Å². The quantitative estimate of drug-likeness (QED) is 0.310. The summed E-state index contributed by atoms with van der Waals surface area (Å²) in [7, 11) is -0.267. The first kappa shape index (κ1) is 28.5. The number of hydrogen-bond donors (Lipinski definition) is 2. The van der Waals surface area contributed by atoms with E-state index in [0.717, 1.165) is 23.2 Å². The Labute approximate surface area is 250 Å². The normalized spacial score (nSPS) is 17.7. The summed E-state index contributed by atoms with van der Waals surface area (Å²) < 4.78 is 31.4. The van der Waals surface area contributed by atoms with E-state index < -0.39 is 15.6 Å². The highest BCUT2D eigenvalue weighted by atomic mass is 32.2. The number of amides is 2. The van der Waals surface area contributed by atoms with Crippen molar-refractivity contribution in [2.75, 3.05) is 42.1 Å². The van der Waals surface area contributed by atoms with Crippen molar-refractivity contribution in [2.24, 2.45) is 5.92 Å². The van der Waals surface area contributed by atoms with Crippen LogP contribution in [-0.2, 0) is 16.6 Å². The number of rotatable bonds is 6. The van der Waals surface area contributed by atoms with Gasteiger partial charge >= 0.3 is 6.03 Å². The fraction of sp³-hybridized carbons (Fsp3) is 0.281. The second kappa shape index (κ2) is 10.9. The van der Waals surface area contributed by atoms with Crippen LogP contribution in [0.1, 0.15) is 35.3 Å². The highest BCUT2D eigenvalue weighted by Crippen LogP contribution is 2.36. The minimum atomic E-state index is -4.07. The van der Waals surface area contributed by atoms with Crippen molar-refractivity contribution in [2.45, 2.75) is 30.7 Å². The standard InChI is InChI=1S/C32H33N5O5S/c1-20(38)22-10-12-24(13-11-22)33-32(40)36-17-21-16-23(19-36)28-15-14-27(31(39)37(28)18-21)34-43(41,42)30-9-5-6-25-26(30)7-4-8-29(25)35(2)3/h4-15,21,23,34H,16-19H2,1-3H3,(H,33,40)/t21-,23+/m0/s1. The van der Waals surface area contributed by atoms with Crippen molar-refractivity contribution in [3.05, 3.63) is 94.4 Å². The first-order valence-electron chi connectivity index (χ1n) is 14.1. The van der Waals surface area contributed by atoms with Crippen LogP contribution in [0, 0.1) is 5.92 Å². The number of likely N-dealkylation sites (tertiary alicyclic amines) is 1. The Kier molecular flexibility index (Phi) is 7.21. The fourth-order valence-electron chi connectivity index (χ4n) is 6.27. The lowest BCUT2D eigenvalue weighted by atomic mass is 9.83. The van der Waals surface area contributed by atoms with E-state index in [2.05, 4.69) is 10.0 Å². The van der Waals surface area contributed by atoms with Gasteiger partial charge in [0, 0.05) is 73.1 Å². The summed E-state index contributed by atoms with van der Waals surface area (Å²) in [6, 6.07) is 20.5. The molecule has 2 bridgehead atoms. The smallest absolute Gasteiger partial charge is 0.321 e. The number of hydrogen-bond acceptors (Lipinski definition) is 6. The molecule has 43 heavy (non-hydrogen) atoms. The van der Waals surface area contributed by atoms with Gasteiger partial charge in [-0.3, -0.25) is 14.3 Å². The van der Waals surface area contributed by atoms with E-state index >= 15 is 0 Å². The van der Waals surface area contributed by atoms with Gasteiger partial charge in [0.2, 0.25) is 0 Å². The van der Waals surface area contributed by atoms with Crippen LogP contribution in [-0.4, -0.2) is 56.9 Å². The van der Waals surface area contributed by atoms with Gasteiger partial charge in [0.15, 0.2) is 5.78 Å². The molecule has 4 aromatic rings. The summed E-state index contributed by atoms with van der Waals surface area (Å²) in [5.41, 5.74) is 2.45. The van der Waals surface area contributed by atoms with Gasteiger partial charge in [-0.05, 0) is 67.8 Å². The molecule has 0 unspecified atom stereocenters. The second-order valence-corrected chi connectivity index (χ2v) is 13.1. The highest BCUT2D eigenvalue weighted by Gasteiger charge is 2.37. The minimum Gasteiger partial charge on any atom is -0.377 e. The minimum absolute atomic E-state index is 0.00639. The Balaban J connectivity index is 1.23. The summed E-state index contributed by atoms with van der Waals surface area (Å²) in [4.78, 5) is 42.0. The molecule has 6 rings (SSSR count). The number of nitrogens with one attached hydrogen (secondary N) is 2. The zero-order valence-electron chi connectivity index (χ0n) is 24.2. The lowest BCUT2D eigenvalue weighted by Crippen LogP contribution is -2.50. The number of Topliss-reactive ketones (excluding diaryl/α,β-unsaturated/α-hetero) is 1. The van der Waals surface area contributed by atoms with Crippen molar-refractivity contribution >= 4 is 49.7 Å². The molecule has 11 heteroatoms. The zero-order valence-corrected chi connectivity index (χ0v) is 25.0. The van der Waals surface area contributed by atoms with Crippen LogP contribution in [0.2, 0.25) is 0 Å². The van der Waals surface area contributed by atoms with Gasteiger partial charge < -0.3 is 19.7 Å². The van der Waals surface area contributed by atoms with Crippen molar-refractivity contribution in [1.82, 2.24) is 9.47 Å². The van der Waals surface area contributed by atoms with E-state index in [1.54, 1.807) is 58.0 Å². The number of anilines is 3. The molecular formula is C32H33N5O5S. The van der Waals surface area contributed by atoms with Gasteiger partial charge in [0.05, 0.1) is 4.90 Å². The Morgan fingerprint density at radius 1 is 0.884 bits per heavy atom. The predicted octanol–water partition coefficient (Wildman–Crippen LogP) is 4.72. The Morgan fingerprint density at radius 2 is 1.60 bits per heavy atom. The van der Waals surface area contributed by atoms with Gasteiger partial charge in [0.1, 0.15) is 5.69 Å². The van der Waals surface area contributed by atoms with E-state index in [0.29, 0.717) is 36.3 Å². The van der Waals surface area contributed by atoms with Gasteiger partial charge in [-0.25, -0.2) is 13.2 Å². The number of nitrogens with zero attached hydrogens (tertiary/aromatic N) is 3. The molecule has 1 saturated heterocycles. The molecule has 1 fully saturated rings. The largest absolute Gasteiger partial charge is 0.377 e. The number of urea groups is 1. The van der Waals surface area contributed by atoms with Gasteiger partial charge in [-0.15, -0.1) is 0 Å². The van der Waals surface area contributed by atoms with E-state index in [1.165, 1.54) is 13.0 Å². The molecule has 3 heterocycles. The predicted molar refractivity (Wildman–Crippen MR) is 168 cm³/mol. The molecular weight excluding hydrogens is 566 g/mol. The third kappa shape index (κ3) is 5.36. The monoisotopic (exact) mass is 599 g/mol. The van der Waals surface area contributed by atoms with E-state index in [4.69, 9.17) is 0 Å². The number of sulfonamides is 1. The number of piperidine rings is 1. The summed E-state index contributed by atoms with van der Waals surface area (Å²) in [6.45, 7) is 2.79. The second-order valence-electron chi connectivity index (χ2n) is 11.5. The van der Waals surface area contributed by atoms with Crippen molar-refractivity contribution < 1.29 is 18.0 Å². The number of benzene rings is 3. The van der Waals surface area contributed by atoms with Gasteiger partial charge in [-0.2, -0.15) is 0 Å². The van der Waals surface area contributed by atoms with E-state index in [-0.39, 0.29) is 34.2 Å². The molecule has 1 aromatic heterocycles. The number of carbonyl (C=O) groups excluding carboxylic acids is 2. The molecule has 2 amide bonds. The molecule has 2 N–H and O–H groups in total. The molecule has 0 aliphatic carbocycles. The number of aromatic nitrogens is 1. The molecule has 2 aliphatic rings. The molecule has 0 radical (unpaired) electrons. The molecule has 3 aromatic carbocycles. The maximum Gasteiger partial charge on any atom is 0.321 e. The number of carbonyl (C=O) groups is 2. The van der Waals surface area contributed by atoms with Crippen LogP contribution in [0.25, 0.3) is 10.8 Å². The molecule has 0 saturated carbocycles. The maximum atomic E-state index is 13.6. The Hall–Kier alpha value is -4.64. The number of ketones is 1.